The normalized spacial score (nSPS) is 10.2. The zero-order valence-electron chi connectivity index (χ0n) is 10.4. The van der Waals surface area contributed by atoms with Crippen molar-refractivity contribution < 1.29 is 9.66 Å². The number of hydrogen-bond donors (Lipinski definition) is 1. The fraction of sp³-hybridized carbons (Fsp3) is 0.0769. The van der Waals surface area contributed by atoms with Crippen molar-refractivity contribution in [2.45, 2.75) is 0 Å². The van der Waals surface area contributed by atoms with E-state index in [2.05, 4.69) is 21.2 Å². The quantitative estimate of drug-likeness (QED) is 0.633. The lowest BCUT2D eigenvalue weighted by Gasteiger charge is -2.10. The molecule has 1 N–H and O–H groups in total. The summed E-state index contributed by atoms with van der Waals surface area (Å²) in [4.78, 5) is 10.5. The van der Waals surface area contributed by atoms with Crippen molar-refractivity contribution in [1.82, 2.24) is 0 Å². The highest BCUT2D eigenvalue weighted by molar-refractivity contribution is 9.10. The summed E-state index contributed by atoms with van der Waals surface area (Å²) in [5.74, 6) is 0.677. The van der Waals surface area contributed by atoms with Crippen LogP contribution < -0.4 is 10.1 Å². The molecule has 0 aromatic heterocycles. The molecule has 0 unspecified atom stereocenters. The van der Waals surface area contributed by atoms with E-state index >= 15 is 0 Å². The molecule has 0 spiro atoms. The molecule has 2 aromatic carbocycles. The van der Waals surface area contributed by atoms with E-state index in [4.69, 9.17) is 16.3 Å². The minimum atomic E-state index is -0.511. The van der Waals surface area contributed by atoms with E-state index in [1.165, 1.54) is 6.07 Å². The topological polar surface area (TPSA) is 64.4 Å². The molecule has 104 valence electrons. The van der Waals surface area contributed by atoms with Crippen LogP contribution in [0.5, 0.6) is 5.75 Å². The van der Waals surface area contributed by atoms with Gasteiger partial charge >= 0.3 is 5.69 Å². The zero-order chi connectivity index (χ0) is 14.7. The molecule has 0 aliphatic rings. The number of nitrogens with one attached hydrogen (secondary N) is 1. The molecule has 0 fully saturated rings. The third-order valence-electron chi connectivity index (χ3n) is 2.60. The molecule has 7 heteroatoms. The maximum Gasteiger partial charge on any atom is 0.311 e. The summed E-state index contributed by atoms with van der Waals surface area (Å²) in [5.41, 5.74) is 0.865. The molecule has 0 saturated heterocycles. The number of ether oxygens (including phenoxy) is 1. The number of methoxy groups -OCH3 is 1. The van der Waals surface area contributed by atoms with E-state index in [1.54, 1.807) is 37.4 Å². The summed E-state index contributed by atoms with van der Waals surface area (Å²) < 4.78 is 5.87. The fourth-order valence-electron chi connectivity index (χ4n) is 1.70. The Morgan fingerprint density at radius 1 is 1.35 bits per heavy atom. The lowest BCUT2D eigenvalue weighted by Crippen LogP contribution is -1.98. The smallest absolute Gasteiger partial charge is 0.311 e. The summed E-state index contributed by atoms with van der Waals surface area (Å²) in [6.07, 6.45) is 0. The third kappa shape index (κ3) is 3.02. The highest BCUT2D eigenvalue weighted by Gasteiger charge is 2.18. The summed E-state index contributed by atoms with van der Waals surface area (Å²) in [5, 5.41) is 14.1. The van der Waals surface area contributed by atoms with Crippen molar-refractivity contribution in [1.29, 1.82) is 0 Å². The predicted molar refractivity (Wildman–Crippen MR) is 82.1 cm³/mol. The monoisotopic (exact) mass is 356 g/mol. The van der Waals surface area contributed by atoms with E-state index in [-0.39, 0.29) is 10.7 Å². The lowest BCUT2D eigenvalue weighted by atomic mass is 10.2. The third-order valence-corrected chi connectivity index (χ3v) is 3.52. The maximum absolute atomic E-state index is 11.1. The minimum absolute atomic E-state index is 0.0903. The average molecular weight is 358 g/mol. The molecule has 0 amide bonds. The van der Waals surface area contributed by atoms with Crippen LogP contribution in [0.25, 0.3) is 0 Å². The van der Waals surface area contributed by atoms with E-state index in [0.717, 1.165) is 4.47 Å². The van der Waals surface area contributed by atoms with Crippen molar-refractivity contribution >= 4 is 44.6 Å². The first-order valence-electron chi connectivity index (χ1n) is 5.56. The first-order valence-corrected chi connectivity index (χ1v) is 6.73. The van der Waals surface area contributed by atoms with Crippen LogP contribution in [-0.2, 0) is 0 Å². The van der Waals surface area contributed by atoms with Gasteiger partial charge in [-0.05, 0) is 46.3 Å². The number of para-hydroxylation sites is 1. The number of hydrogen-bond acceptors (Lipinski definition) is 4. The van der Waals surface area contributed by atoms with Crippen molar-refractivity contribution in [3.05, 3.63) is 56.0 Å². The van der Waals surface area contributed by atoms with Crippen molar-refractivity contribution in [2.75, 3.05) is 12.4 Å². The first-order chi connectivity index (χ1) is 9.52. The van der Waals surface area contributed by atoms with Crippen molar-refractivity contribution in [3.8, 4) is 5.75 Å². The van der Waals surface area contributed by atoms with Gasteiger partial charge in [-0.1, -0.05) is 17.7 Å². The maximum atomic E-state index is 11.1. The summed E-state index contributed by atoms with van der Waals surface area (Å²) in [7, 11) is 1.56. The fourth-order valence-corrected chi connectivity index (χ4v) is 2.49. The second-order valence-electron chi connectivity index (χ2n) is 3.87. The van der Waals surface area contributed by atoms with Gasteiger partial charge in [0.15, 0.2) is 0 Å². The van der Waals surface area contributed by atoms with Crippen LogP contribution in [0.15, 0.2) is 40.9 Å². The SMILES string of the molecule is COc1ccc(Nc2cccc(Cl)c2[N+](=O)[O-])cc1Br. The van der Waals surface area contributed by atoms with Gasteiger partial charge in [0.25, 0.3) is 0 Å². The molecule has 2 aromatic rings. The number of nitrogens with zero attached hydrogens (tertiary/aromatic N) is 1. The van der Waals surface area contributed by atoms with Crippen LogP contribution >= 0.6 is 27.5 Å². The second-order valence-corrected chi connectivity index (χ2v) is 5.13. The number of halogens is 2. The van der Waals surface area contributed by atoms with Gasteiger partial charge < -0.3 is 10.1 Å². The second kappa shape index (κ2) is 6.11. The van der Waals surface area contributed by atoms with E-state index < -0.39 is 4.92 Å². The highest BCUT2D eigenvalue weighted by Crippen LogP contribution is 2.35. The molecule has 0 heterocycles. The number of benzene rings is 2. The molecule has 0 saturated carbocycles. The minimum Gasteiger partial charge on any atom is -0.496 e. The van der Waals surface area contributed by atoms with Crippen LogP contribution in [0.1, 0.15) is 0 Å². The Kier molecular flexibility index (Phi) is 4.46. The van der Waals surface area contributed by atoms with Gasteiger partial charge in [0.05, 0.1) is 16.5 Å². The summed E-state index contributed by atoms with van der Waals surface area (Å²) in [6.45, 7) is 0. The highest BCUT2D eigenvalue weighted by atomic mass is 79.9. The predicted octanol–water partition coefficient (Wildman–Crippen LogP) is 4.76. The summed E-state index contributed by atoms with van der Waals surface area (Å²) in [6, 6.07) is 10.0. The molecule has 0 aliphatic heterocycles. The van der Waals surface area contributed by atoms with Gasteiger partial charge in [-0.2, -0.15) is 0 Å². The molecule has 20 heavy (non-hydrogen) atoms. The Morgan fingerprint density at radius 2 is 2.10 bits per heavy atom. The van der Waals surface area contributed by atoms with Gasteiger partial charge in [-0.3, -0.25) is 10.1 Å². The molecule has 0 aliphatic carbocycles. The Balaban J connectivity index is 2.38. The number of nitro groups is 1. The van der Waals surface area contributed by atoms with E-state index in [9.17, 15) is 10.1 Å². The van der Waals surface area contributed by atoms with Crippen LogP contribution in [0.4, 0.5) is 17.1 Å². The average Bonchev–Trinajstić information content (AvgIpc) is 2.38. The first kappa shape index (κ1) is 14.6. The Labute approximate surface area is 128 Å². The lowest BCUT2D eigenvalue weighted by molar-refractivity contribution is -0.383. The van der Waals surface area contributed by atoms with Gasteiger partial charge in [0, 0.05) is 5.69 Å². The zero-order valence-corrected chi connectivity index (χ0v) is 12.7. The van der Waals surface area contributed by atoms with Crippen LogP contribution in [-0.4, -0.2) is 12.0 Å². The Bertz CT molecular complexity index is 664. The summed E-state index contributed by atoms with van der Waals surface area (Å²) >= 11 is 9.22. The Hall–Kier alpha value is -1.79. The number of nitro benzene ring substituents is 1. The van der Waals surface area contributed by atoms with Gasteiger partial charge in [0.1, 0.15) is 16.5 Å². The Morgan fingerprint density at radius 3 is 2.70 bits per heavy atom. The van der Waals surface area contributed by atoms with Crippen LogP contribution in [0, 0.1) is 10.1 Å². The van der Waals surface area contributed by atoms with Gasteiger partial charge in [-0.15, -0.1) is 0 Å². The molecule has 0 atom stereocenters. The molecule has 2 rings (SSSR count). The van der Waals surface area contributed by atoms with E-state index in [0.29, 0.717) is 17.1 Å². The standard InChI is InChI=1S/C13H10BrClN2O3/c1-20-12-6-5-8(7-9(12)14)16-11-4-2-3-10(15)13(11)17(18)19/h2-7,16H,1H3. The molecular weight excluding hydrogens is 348 g/mol. The van der Waals surface area contributed by atoms with Crippen molar-refractivity contribution in [2.24, 2.45) is 0 Å². The van der Waals surface area contributed by atoms with Crippen molar-refractivity contribution in [3.63, 3.8) is 0 Å². The van der Waals surface area contributed by atoms with Crippen LogP contribution in [0.3, 0.4) is 0 Å². The van der Waals surface area contributed by atoms with Gasteiger partial charge in [0.2, 0.25) is 0 Å². The molecule has 0 bridgehead atoms. The number of anilines is 2. The van der Waals surface area contributed by atoms with Gasteiger partial charge in [-0.25, -0.2) is 0 Å². The molecule has 5 nitrogen and oxygen atoms in total. The molecular formula is C13H10BrClN2O3. The molecule has 0 radical (unpaired) electrons. The largest absolute Gasteiger partial charge is 0.496 e. The van der Waals surface area contributed by atoms with Crippen LogP contribution in [0.2, 0.25) is 5.02 Å². The number of rotatable bonds is 4. The van der Waals surface area contributed by atoms with E-state index in [1.807, 2.05) is 0 Å².